The fourth-order valence-corrected chi connectivity index (χ4v) is 2.08. The van der Waals surface area contributed by atoms with E-state index in [-0.39, 0.29) is 0 Å². The molecule has 0 bridgehead atoms. The van der Waals surface area contributed by atoms with Gasteiger partial charge in [0.05, 0.1) is 13.2 Å². The minimum absolute atomic E-state index is 0.305. The van der Waals surface area contributed by atoms with E-state index in [4.69, 9.17) is 10.5 Å². The van der Waals surface area contributed by atoms with Crippen molar-refractivity contribution in [3.8, 4) is 5.75 Å². The number of benzene rings is 1. The molecular formula is C15H26N2O2. The number of aliphatic hydroxyl groups is 1. The molecule has 0 fully saturated rings. The summed E-state index contributed by atoms with van der Waals surface area (Å²) in [7, 11) is 3.70. The predicted octanol–water partition coefficient (Wildman–Crippen LogP) is 1.05. The molecule has 3 N–H and O–H groups in total. The molecule has 0 radical (unpaired) electrons. The van der Waals surface area contributed by atoms with Crippen molar-refractivity contribution in [1.29, 1.82) is 0 Å². The van der Waals surface area contributed by atoms with Crippen LogP contribution in [0.25, 0.3) is 0 Å². The third-order valence-corrected chi connectivity index (χ3v) is 3.31. The summed E-state index contributed by atoms with van der Waals surface area (Å²) in [5, 5.41) is 9.52. The van der Waals surface area contributed by atoms with Crippen molar-refractivity contribution in [2.45, 2.75) is 25.9 Å². The van der Waals surface area contributed by atoms with Crippen molar-refractivity contribution in [3.63, 3.8) is 0 Å². The van der Waals surface area contributed by atoms with Gasteiger partial charge in [-0.3, -0.25) is 0 Å². The van der Waals surface area contributed by atoms with Crippen LogP contribution < -0.4 is 10.5 Å². The van der Waals surface area contributed by atoms with Gasteiger partial charge in [0.25, 0.3) is 0 Å². The molecule has 0 saturated heterocycles. The van der Waals surface area contributed by atoms with E-state index in [1.54, 1.807) is 7.11 Å². The second kappa shape index (κ2) is 8.15. The van der Waals surface area contributed by atoms with E-state index in [0.29, 0.717) is 13.1 Å². The summed E-state index contributed by atoms with van der Waals surface area (Å²) in [5.74, 6) is 0.935. The SMILES string of the molecule is CCc1ccc(OC)c(CCN(C)CC(O)CN)c1. The molecule has 0 saturated carbocycles. The lowest BCUT2D eigenvalue weighted by molar-refractivity contribution is 0.133. The van der Waals surface area contributed by atoms with Gasteiger partial charge in [-0.2, -0.15) is 0 Å². The number of nitrogens with two attached hydrogens (primary N) is 1. The van der Waals surface area contributed by atoms with Crippen LogP contribution in [0.2, 0.25) is 0 Å². The topological polar surface area (TPSA) is 58.7 Å². The molecule has 4 nitrogen and oxygen atoms in total. The molecule has 1 aromatic rings. The van der Waals surface area contributed by atoms with Gasteiger partial charge in [-0.1, -0.05) is 19.1 Å². The fraction of sp³-hybridized carbons (Fsp3) is 0.600. The Bertz CT molecular complexity index is 382. The van der Waals surface area contributed by atoms with Gasteiger partial charge in [-0.25, -0.2) is 0 Å². The first-order valence-corrected chi connectivity index (χ1v) is 6.83. The summed E-state index contributed by atoms with van der Waals surface area (Å²) < 4.78 is 5.39. The van der Waals surface area contributed by atoms with E-state index in [1.807, 2.05) is 13.1 Å². The molecule has 0 spiro atoms. The number of nitrogens with zero attached hydrogens (tertiary/aromatic N) is 1. The summed E-state index contributed by atoms with van der Waals surface area (Å²) in [4.78, 5) is 2.09. The maximum absolute atomic E-state index is 9.52. The van der Waals surface area contributed by atoms with Crippen molar-refractivity contribution in [2.75, 3.05) is 33.8 Å². The second-order valence-corrected chi connectivity index (χ2v) is 4.90. The molecule has 19 heavy (non-hydrogen) atoms. The lowest BCUT2D eigenvalue weighted by Gasteiger charge is -2.20. The first-order valence-electron chi connectivity index (χ1n) is 6.83. The van der Waals surface area contributed by atoms with Crippen LogP contribution in [-0.2, 0) is 12.8 Å². The minimum atomic E-state index is -0.450. The van der Waals surface area contributed by atoms with Crippen molar-refractivity contribution >= 4 is 0 Å². The summed E-state index contributed by atoms with van der Waals surface area (Å²) in [6.07, 6.45) is 1.48. The highest BCUT2D eigenvalue weighted by atomic mass is 16.5. The van der Waals surface area contributed by atoms with E-state index in [1.165, 1.54) is 11.1 Å². The highest BCUT2D eigenvalue weighted by Gasteiger charge is 2.09. The molecule has 0 aromatic heterocycles. The average molecular weight is 266 g/mol. The molecule has 108 valence electrons. The van der Waals surface area contributed by atoms with Gasteiger partial charge in [0.1, 0.15) is 5.75 Å². The van der Waals surface area contributed by atoms with Crippen LogP contribution in [0.1, 0.15) is 18.1 Å². The average Bonchev–Trinajstić information content (AvgIpc) is 2.44. The highest BCUT2D eigenvalue weighted by molar-refractivity contribution is 5.37. The summed E-state index contributed by atoms with van der Waals surface area (Å²) in [5.41, 5.74) is 7.95. The lowest BCUT2D eigenvalue weighted by atomic mass is 10.0. The third kappa shape index (κ3) is 5.19. The van der Waals surface area contributed by atoms with E-state index >= 15 is 0 Å². The van der Waals surface area contributed by atoms with E-state index in [2.05, 4.69) is 24.0 Å². The Labute approximate surface area is 116 Å². The van der Waals surface area contributed by atoms with Crippen molar-refractivity contribution in [2.24, 2.45) is 5.73 Å². The molecular weight excluding hydrogens is 240 g/mol. The number of aryl methyl sites for hydroxylation is 1. The second-order valence-electron chi connectivity index (χ2n) is 4.90. The number of hydrogen-bond donors (Lipinski definition) is 2. The van der Waals surface area contributed by atoms with Crippen LogP contribution in [0, 0.1) is 0 Å². The summed E-state index contributed by atoms with van der Waals surface area (Å²) >= 11 is 0. The molecule has 0 heterocycles. The summed E-state index contributed by atoms with van der Waals surface area (Å²) in [6, 6.07) is 6.33. The largest absolute Gasteiger partial charge is 0.496 e. The number of likely N-dealkylation sites (N-methyl/N-ethyl adjacent to an activating group) is 1. The van der Waals surface area contributed by atoms with Crippen LogP contribution >= 0.6 is 0 Å². The van der Waals surface area contributed by atoms with Crippen LogP contribution in [0.5, 0.6) is 5.75 Å². The Morgan fingerprint density at radius 2 is 2.16 bits per heavy atom. The maximum Gasteiger partial charge on any atom is 0.122 e. The Hall–Kier alpha value is -1.10. The molecule has 1 atom stereocenters. The number of rotatable bonds is 8. The van der Waals surface area contributed by atoms with Gasteiger partial charge in [0, 0.05) is 19.6 Å². The Morgan fingerprint density at radius 1 is 1.42 bits per heavy atom. The number of ether oxygens (including phenoxy) is 1. The van der Waals surface area contributed by atoms with Gasteiger partial charge >= 0.3 is 0 Å². The minimum Gasteiger partial charge on any atom is -0.496 e. The van der Waals surface area contributed by atoms with Crippen LogP contribution in [0.3, 0.4) is 0 Å². The van der Waals surface area contributed by atoms with Gasteiger partial charge in [-0.15, -0.1) is 0 Å². The molecule has 1 rings (SSSR count). The first-order chi connectivity index (χ1) is 9.10. The van der Waals surface area contributed by atoms with Gasteiger partial charge in [-0.05, 0) is 37.1 Å². The highest BCUT2D eigenvalue weighted by Crippen LogP contribution is 2.21. The first kappa shape index (κ1) is 16.0. The number of methoxy groups -OCH3 is 1. The molecule has 0 aliphatic heterocycles. The zero-order valence-corrected chi connectivity index (χ0v) is 12.2. The number of aliphatic hydroxyl groups excluding tert-OH is 1. The zero-order chi connectivity index (χ0) is 14.3. The molecule has 1 aromatic carbocycles. The predicted molar refractivity (Wildman–Crippen MR) is 78.6 cm³/mol. The number of hydrogen-bond acceptors (Lipinski definition) is 4. The van der Waals surface area contributed by atoms with Gasteiger partial charge < -0.3 is 20.5 Å². The third-order valence-electron chi connectivity index (χ3n) is 3.31. The Morgan fingerprint density at radius 3 is 2.74 bits per heavy atom. The fourth-order valence-electron chi connectivity index (χ4n) is 2.08. The van der Waals surface area contributed by atoms with Crippen LogP contribution in [0.15, 0.2) is 18.2 Å². The van der Waals surface area contributed by atoms with Gasteiger partial charge in [0.2, 0.25) is 0 Å². The zero-order valence-electron chi connectivity index (χ0n) is 12.2. The molecule has 0 aliphatic carbocycles. The van der Waals surface area contributed by atoms with Gasteiger partial charge in [0.15, 0.2) is 0 Å². The lowest BCUT2D eigenvalue weighted by Crippen LogP contribution is -2.35. The van der Waals surface area contributed by atoms with Crippen molar-refractivity contribution in [3.05, 3.63) is 29.3 Å². The quantitative estimate of drug-likeness (QED) is 0.738. The Kier molecular flexibility index (Phi) is 6.84. The molecule has 0 amide bonds. The molecule has 0 aliphatic rings. The van der Waals surface area contributed by atoms with E-state index < -0.39 is 6.10 Å². The van der Waals surface area contributed by atoms with E-state index in [0.717, 1.165) is 25.1 Å². The van der Waals surface area contributed by atoms with E-state index in [9.17, 15) is 5.11 Å². The molecule has 4 heteroatoms. The monoisotopic (exact) mass is 266 g/mol. The van der Waals surface area contributed by atoms with Crippen molar-refractivity contribution < 1.29 is 9.84 Å². The normalized spacial score (nSPS) is 12.7. The maximum atomic E-state index is 9.52. The summed E-state index contributed by atoms with van der Waals surface area (Å²) in [6.45, 7) is 3.93. The standard InChI is InChI=1S/C15H26N2O2/c1-4-12-5-6-15(19-3)13(9-12)7-8-17(2)11-14(18)10-16/h5-6,9,14,18H,4,7-8,10-11,16H2,1-3H3. The van der Waals surface area contributed by atoms with Crippen LogP contribution in [0.4, 0.5) is 0 Å². The Balaban J connectivity index is 2.60. The smallest absolute Gasteiger partial charge is 0.122 e. The van der Waals surface area contributed by atoms with Crippen molar-refractivity contribution in [1.82, 2.24) is 4.90 Å². The molecule has 1 unspecified atom stereocenters. The van der Waals surface area contributed by atoms with Crippen LogP contribution in [-0.4, -0.2) is 49.9 Å².